The Morgan fingerprint density at radius 2 is 1.39 bits per heavy atom. The summed E-state index contributed by atoms with van der Waals surface area (Å²) in [4.78, 5) is 12.3. The van der Waals surface area contributed by atoms with Gasteiger partial charge >= 0.3 is 5.97 Å². The van der Waals surface area contributed by atoms with Gasteiger partial charge in [-0.15, -0.1) is 0 Å². The molecule has 0 aliphatic carbocycles. The molecule has 2 saturated heterocycles. The van der Waals surface area contributed by atoms with Gasteiger partial charge in [0, 0.05) is 6.42 Å². The number of esters is 1. The number of hydrogen-bond acceptors (Lipinski definition) is 12. The molecule has 0 aromatic rings. The minimum Gasteiger partial charge on any atom is -0.457 e. The zero-order valence-electron chi connectivity index (χ0n) is 21.0. The van der Waals surface area contributed by atoms with Crippen LogP contribution in [0.5, 0.6) is 0 Å². The van der Waals surface area contributed by atoms with Crippen LogP contribution < -0.4 is 0 Å². The Kier molecular flexibility index (Phi) is 13.4. The smallest absolute Gasteiger partial charge is 0.306 e. The van der Waals surface area contributed by atoms with E-state index < -0.39 is 80.6 Å². The molecule has 0 aromatic carbocycles. The number of carbonyl (C=O) groups is 1. The molecule has 0 spiro atoms. The molecule has 0 saturated carbocycles. The summed E-state index contributed by atoms with van der Waals surface area (Å²) in [5, 5.41) is 70.2. The van der Waals surface area contributed by atoms with Gasteiger partial charge in [-0.25, -0.2) is 0 Å². The molecule has 9 atom stereocenters. The van der Waals surface area contributed by atoms with Gasteiger partial charge in [-0.3, -0.25) is 4.79 Å². The fourth-order valence-electron chi connectivity index (χ4n) is 4.55. The van der Waals surface area contributed by atoms with Gasteiger partial charge in [0.05, 0.1) is 13.2 Å². The molecule has 0 aromatic heterocycles. The maximum absolute atomic E-state index is 12.3. The quantitative estimate of drug-likeness (QED) is 0.0970. The molecule has 2 heterocycles. The van der Waals surface area contributed by atoms with Gasteiger partial charge < -0.3 is 54.7 Å². The number of unbranched alkanes of at least 4 members (excludes halogenated alkanes) is 8. The summed E-state index contributed by atoms with van der Waals surface area (Å²) in [5.41, 5.74) is 0. The van der Waals surface area contributed by atoms with Crippen molar-refractivity contribution in [2.24, 2.45) is 0 Å². The van der Waals surface area contributed by atoms with E-state index in [1.165, 1.54) is 32.1 Å². The van der Waals surface area contributed by atoms with Crippen LogP contribution in [0.15, 0.2) is 0 Å². The van der Waals surface area contributed by atoms with Crippen molar-refractivity contribution in [1.29, 1.82) is 0 Å². The van der Waals surface area contributed by atoms with Crippen LogP contribution in [-0.4, -0.2) is 116 Å². The van der Waals surface area contributed by atoms with Crippen molar-refractivity contribution in [2.45, 2.75) is 126 Å². The van der Waals surface area contributed by atoms with Crippen LogP contribution in [-0.2, 0) is 23.7 Å². The largest absolute Gasteiger partial charge is 0.457 e. The number of rotatable bonds is 16. The summed E-state index contributed by atoms with van der Waals surface area (Å²) in [7, 11) is 0. The molecule has 12 heteroatoms. The molecule has 212 valence electrons. The van der Waals surface area contributed by atoms with Crippen LogP contribution >= 0.6 is 0 Å². The second-order valence-electron chi connectivity index (χ2n) is 9.60. The Balaban J connectivity index is 1.85. The van der Waals surface area contributed by atoms with Gasteiger partial charge in [0.25, 0.3) is 0 Å². The minimum absolute atomic E-state index is 0.112. The monoisotopic (exact) mass is 524 g/mol. The lowest BCUT2D eigenvalue weighted by atomic mass is 9.98. The average molecular weight is 525 g/mol. The Labute approximate surface area is 211 Å². The van der Waals surface area contributed by atoms with Crippen LogP contribution in [0, 0.1) is 0 Å². The first kappa shape index (κ1) is 31.3. The van der Waals surface area contributed by atoms with Crippen LogP contribution in [0.25, 0.3) is 0 Å². The number of aliphatic hydroxyl groups is 7. The zero-order chi connectivity index (χ0) is 26.7. The van der Waals surface area contributed by atoms with Crippen molar-refractivity contribution in [2.75, 3.05) is 19.8 Å². The van der Waals surface area contributed by atoms with Gasteiger partial charge in [-0.1, -0.05) is 58.3 Å². The first-order valence-corrected chi connectivity index (χ1v) is 13.0. The lowest BCUT2D eigenvalue weighted by Crippen LogP contribution is -2.63. The van der Waals surface area contributed by atoms with Crippen molar-refractivity contribution < 1.29 is 59.5 Å². The van der Waals surface area contributed by atoms with Crippen molar-refractivity contribution in [3.63, 3.8) is 0 Å². The zero-order valence-corrected chi connectivity index (χ0v) is 21.0. The third-order valence-corrected chi connectivity index (χ3v) is 6.79. The van der Waals surface area contributed by atoms with E-state index in [4.69, 9.17) is 18.9 Å². The summed E-state index contributed by atoms with van der Waals surface area (Å²) in [6, 6.07) is 0. The van der Waals surface area contributed by atoms with E-state index in [2.05, 4.69) is 6.92 Å². The van der Waals surface area contributed by atoms with E-state index in [9.17, 15) is 40.5 Å². The van der Waals surface area contributed by atoms with E-state index in [-0.39, 0.29) is 6.42 Å². The molecule has 7 N–H and O–H groups in total. The van der Waals surface area contributed by atoms with Gasteiger partial charge in [0.2, 0.25) is 5.79 Å². The average Bonchev–Trinajstić information content (AvgIpc) is 3.12. The standard InChI is InChI=1S/C24H44O12/c1-2-3-4-5-6-7-8-9-10-11-17(28)34-21-16(13-26)33-23(20(31)19(21)30)36-24(14-27)22(32)18(29)15(12-25)35-24/h15-16,18-23,25-27,29-32H,2-14H2,1H3/t15-,16-,18-,19-,20-,21-,22+,23-,24+/m1/s1. The summed E-state index contributed by atoms with van der Waals surface area (Å²) < 4.78 is 21.5. The van der Waals surface area contributed by atoms with Gasteiger partial charge in [0.15, 0.2) is 12.4 Å². The van der Waals surface area contributed by atoms with Crippen LogP contribution in [0.4, 0.5) is 0 Å². The number of ether oxygens (including phenoxy) is 4. The third-order valence-electron chi connectivity index (χ3n) is 6.79. The lowest BCUT2D eigenvalue weighted by Gasteiger charge is -2.44. The van der Waals surface area contributed by atoms with Crippen LogP contribution in [0.2, 0.25) is 0 Å². The normalized spacial score (nSPS) is 36.8. The molecule has 0 bridgehead atoms. The minimum atomic E-state index is -2.27. The highest BCUT2D eigenvalue weighted by Gasteiger charge is 2.58. The fraction of sp³-hybridized carbons (Fsp3) is 0.958. The Morgan fingerprint density at radius 3 is 1.92 bits per heavy atom. The van der Waals surface area contributed by atoms with E-state index >= 15 is 0 Å². The molecule has 2 aliphatic rings. The third kappa shape index (κ3) is 8.03. The first-order chi connectivity index (χ1) is 17.2. The highest BCUT2D eigenvalue weighted by Crippen LogP contribution is 2.36. The van der Waals surface area contributed by atoms with Crippen molar-refractivity contribution in [1.82, 2.24) is 0 Å². The van der Waals surface area contributed by atoms with Crippen LogP contribution in [0.1, 0.15) is 71.1 Å². The number of hydrogen-bond donors (Lipinski definition) is 7. The number of aliphatic hydroxyl groups excluding tert-OH is 7. The molecular formula is C24H44O12. The molecule has 2 rings (SSSR count). The highest BCUT2D eigenvalue weighted by atomic mass is 16.8. The molecule has 2 fully saturated rings. The molecule has 2 aliphatic heterocycles. The van der Waals surface area contributed by atoms with Crippen LogP contribution in [0.3, 0.4) is 0 Å². The Bertz CT molecular complexity index is 634. The first-order valence-electron chi connectivity index (χ1n) is 13.0. The van der Waals surface area contributed by atoms with Gasteiger partial charge in [0.1, 0.15) is 43.2 Å². The summed E-state index contributed by atoms with van der Waals surface area (Å²) in [6.07, 6.45) is -2.81. The number of carbonyl (C=O) groups excluding carboxylic acids is 1. The highest BCUT2D eigenvalue weighted by molar-refractivity contribution is 5.69. The van der Waals surface area contributed by atoms with Crippen molar-refractivity contribution in [3.8, 4) is 0 Å². The van der Waals surface area contributed by atoms with E-state index in [1.54, 1.807) is 0 Å². The molecular weight excluding hydrogens is 480 g/mol. The van der Waals surface area contributed by atoms with E-state index in [1.807, 2.05) is 0 Å². The molecule has 0 radical (unpaired) electrons. The topological polar surface area (TPSA) is 196 Å². The molecule has 0 amide bonds. The van der Waals surface area contributed by atoms with Crippen molar-refractivity contribution in [3.05, 3.63) is 0 Å². The summed E-state index contributed by atoms with van der Waals surface area (Å²) >= 11 is 0. The Morgan fingerprint density at radius 1 is 0.806 bits per heavy atom. The molecule has 36 heavy (non-hydrogen) atoms. The predicted octanol–water partition coefficient (Wildman–Crippen LogP) is -0.924. The van der Waals surface area contributed by atoms with Gasteiger partial charge in [-0.05, 0) is 6.42 Å². The van der Waals surface area contributed by atoms with E-state index in [0.29, 0.717) is 6.42 Å². The predicted molar refractivity (Wildman–Crippen MR) is 124 cm³/mol. The fourth-order valence-corrected chi connectivity index (χ4v) is 4.55. The Hall–Kier alpha value is -0.930. The lowest BCUT2D eigenvalue weighted by molar-refractivity contribution is -0.383. The van der Waals surface area contributed by atoms with E-state index in [0.717, 1.165) is 19.3 Å². The summed E-state index contributed by atoms with van der Waals surface area (Å²) in [5.74, 6) is -2.87. The molecule has 12 nitrogen and oxygen atoms in total. The second kappa shape index (κ2) is 15.5. The SMILES string of the molecule is CCCCCCCCCCCC(=O)O[C@H]1[C@H](O)[C@@H](O)[C@@H](O[C@]2(CO)O[C@H](CO)[C@@H](O)[C@@H]2O)O[C@@H]1CO. The maximum Gasteiger partial charge on any atom is 0.306 e. The summed E-state index contributed by atoms with van der Waals surface area (Å²) in [6.45, 7) is -0.186. The van der Waals surface area contributed by atoms with Crippen molar-refractivity contribution >= 4 is 5.97 Å². The van der Waals surface area contributed by atoms with Gasteiger partial charge in [-0.2, -0.15) is 0 Å². The molecule has 0 unspecified atom stereocenters. The maximum atomic E-state index is 12.3. The second-order valence-corrected chi connectivity index (χ2v) is 9.60.